The Morgan fingerprint density at radius 3 is 3.00 bits per heavy atom. The SMILES string of the molecule is CC(C)c1nn(C)c2sc(C(=O)Nc3ccc4c(c3F)CCNC4)cc12. The Balaban J connectivity index is 1.65. The Kier molecular flexibility index (Phi) is 4.28. The third kappa shape index (κ3) is 2.81. The maximum Gasteiger partial charge on any atom is 0.265 e. The number of rotatable bonds is 3. The normalized spacial score (nSPS) is 14.0. The first-order valence-electron chi connectivity index (χ1n) is 8.74. The van der Waals surface area contributed by atoms with Gasteiger partial charge >= 0.3 is 0 Å². The average molecular weight is 372 g/mol. The lowest BCUT2D eigenvalue weighted by Crippen LogP contribution is -2.25. The van der Waals surface area contributed by atoms with Crippen molar-refractivity contribution >= 4 is 33.1 Å². The molecule has 3 heterocycles. The van der Waals surface area contributed by atoms with E-state index in [2.05, 4.69) is 29.6 Å². The topological polar surface area (TPSA) is 59.0 Å². The van der Waals surface area contributed by atoms with Gasteiger partial charge in [0.15, 0.2) is 0 Å². The van der Waals surface area contributed by atoms with E-state index in [1.807, 2.05) is 19.2 Å². The monoisotopic (exact) mass is 372 g/mol. The van der Waals surface area contributed by atoms with Crippen LogP contribution in [0.2, 0.25) is 0 Å². The van der Waals surface area contributed by atoms with Gasteiger partial charge in [-0.3, -0.25) is 9.48 Å². The van der Waals surface area contributed by atoms with Gasteiger partial charge in [0.2, 0.25) is 0 Å². The van der Waals surface area contributed by atoms with Gasteiger partial charge < -0.3 is 10.6 Å². The Labute approximate surface area is 155 Å². The number of nitrogens with zero attached hydrogens (tertiary/aromatic N) is 2. The summed E-state index contributed by atoms with van der Waals surface area (Å²) in [6.07, 6.45) is 0.636. The van der Waals surface area contributed by atoms with E-state index in [0.29, 0.717) is 23.4 Å². The van der Waals surface area contributed by atoms with E-state index in [-0.39, 0.29) is 23.3 Å². The molecule has 1 aliphatic heterocycles. The summed E-state index contributed by atoms with van der Waals surface area (Å²) in [5.41, 5.74) is 2.88. The Hall–Kier alpha value is -2.25. The molecule has 5 nitrogen and oxygen atoms in total. The predicted molar refractivity (Wildman–Crippen MR) is 102 cm³/mol. The Morgan fingerprint density at radius 1 is 1.42 bits per heavy atom. The number of hydrogen-bond acceptors (Lipinski definition) is 4. The van der Waals surface area contributed by atoms with Crippen molar-refractivity contribution in [3.8, 4) is 0 Å². The number of nitrogens with one attached hydrogen (secondary N) is 2. The van der Waals surface area contributed by atoms with Crippen LogP contribution in [-0.4, -0.2) is 22.2 Å². The molecule has 0 spiro atoms. The maximum atomic E-state index is 14.8. The standard InChI is InChI=1S/C19H21FN4OS/c1-10(2)17-13-8-15(26-19(13)24(3)23-17)18(25)22-14-5-4-11-9-21-7-6-12(11)16(14)20/h4-5,8,10,21H,6-7,9H2,1-3H3,(H,22,25). The summed E-state index contributed by atoms with van der Waals surface area (Å²) in [6, 6.07) is 5.39. The van der Waals surface area contributed by atoms with E-state index in [1.54, 1.807) is 10.7 Å². The molecule has 0 saturated carbocycles. The second-order valence-electron chi connectivity index (χ2n) is 6.94. The van der Waals surface area contributed by atoms with Gasteiger partial charge in [-0.25, -0.2) is 4.39 Å². The number of carbonyl (C=O) groups is 1. The molecule has 0 unspecified atom stereocenters. The third-order valence-corrected chi connectivity index (χ3v) is 5.97. The number of benzene rings is 1. The number of fused-ring (bicyclic) bond motifs is 2. The van der Waals surface area contributed by atoms with Gasteiger partial charge in [0, 0.05) is 19.0 Å². The molecule has 26 heavy (non-hydrogen) atoms. The van der Waals surface area contributed by atoms with Crippen LogP contribution in [0.5, 0.6) is 0 Å². The average Bonchev–Trinajstić information content (AvgIpc) is 3.18. The highest BCUT2D eigenvalue weighted by atomic mass is 32.1. The molecule has 3 aromatic rings. The van der Waals surface area contributed by atoms with Crippen LogP contribution in [0, 0.1) is 5.82 Å². The maximum absolute atomic E-state index is 14.8. The molecule has 2 aromatic heterocycles. The molecule has 0 saturated heterocycles. The highest BCUT2D eigenvalue weighted by Gasteiger charge is 2.21. The lowest BCUT2D eigenvalue weighted by Gasteiger charge is -2.19. The number of carbonyl (C=O) groups excluding carboxylic acids is 1. The predicted octanol–water partition coefficient (Wildman–Crippen LogP) is 3.80. The summed E-state index contributed by atoms with van der Waals surface area (Å²) in [5.74, 6) is -0.326. The van der Waals surface area contributed by atoms with Crippen molar-refractivity contribution in [2.24, 2.45) is 7.05 Å². The quantitative estimate of drug-likeness (QED) is 0.735. The minimum Gasteiger partial charge on any atom is -0.319 e. The summed E-state index contributed by atoms with van der Waals surface area (Å²) in [7, 11) is 1.88. The third-order valence-electron chi connectivity index (χ3n) is 4.77. The number of aromatic nitrogens is 2. The van der Waals surface area contributed by atoms with E-state index in [4.69, 9.17) is 0 Å². The summed E-state index contributed by atoms with van der Waals surface area (Å²) >= 11 is 1.38. The van der Waals surface area contributed by atoms with E-state index in [0.717, 1.165) is 28.0 Å². The fraction of sp³-hybridized carbons (Fsp3) is 0.368. The fourth-order valence-corrected chi connectivity index (χ4v) is 4.39. The fourth-order valence-electron chi connectivity index (χ4n) is 3.42. The molecule has 1 aromatic carbocycles. The highest BCUT2D eigenvalue weighted by molar-refractivity contribution is 7.20. The van der Waals surface area contributed by atoms with Crippen molar-refractivity contribution in [1.82, 2.24) is 15.1 Å². The molecule has 1 amide bonds. The van der Waals surface area contributed by atoms with Crippen LogP contribution in [0.3, 0.4) is 0 Å². The van der Waals surface area contributed by atoms with Gasteiger partial charge in [0.25, 0.3) is 5.91 Å². The van der Waals surface area contributed by atoms with Crippen molar-refractivity contribution in [3.05, 3.63) is 45.7 Å². The van der Waals surface area contributed by atoms with Crippen LogP contribution in [0.25, 0.3) is 10.2 Å². The van der Waals surface area contributed by atoms with Gasteiger partial charge in [-0.2, -0.15) is 5.10 Å². The lowest BCUT2D eigenvalue weighted by molar-refractivity contribution is 0.103. The zero-order valence-electron chi connectivity index (χ0n) is 15.0. The van der Waals surface area contributed by atoms with E-state index < -0.39 is 0 Å². The van der Waals surface area contributed by atoms with E-state index >= 15 is 0 Å². The minimum absolute atomic E-state index is 0.246. The van der Waals surface area contributed by atoms with Crippen LogP contribution in [-0.2, 0) is 20.0 Å². The number of amides is 1. The van der Waals surface area contributed by atoms with Crippen LogP contribution in [0.15, 0.2) is 18.2 Å². The molecule has 2 N–H and O–H groups in total. The molecule has 0 radical (unpaired) electrons. The minimum atomic E-state index is -0.317. The van der Waals surface area contributed by atoms with Gasteiger partial charge in [-0.05, 0) is 42.1 Å². The van der Waals surface area contributed by atoms with Crippen molar-refractivity contribution in [1.29, 1.82) is 0 Å². The van der Waals surface area contributed by atoms with Crippen molar-refractivity contribution in [3.63, 3.8) is 0 Å². The molecular weight excluding hydrogens is 351 g/mol. The van der Waals surface area contributed by atoms with Crippen LogP contribution in [0.4, 0.5) is 10.1 Å². The molecule has 0 atom stereocenters. The Morgan fingerprint density at radius 2 is 2.23 bits per heavy atom. The van der Waals surface area contributed by atoms with Crippen LogP contribution >= 0.6 is 11.3 Å². The number of hydrogen-bond donors (Lipinski definition) is 2. The molecule has 4 rings (SSSR count). The highest BCUT2D eigenvalue weighted by Crippen LogP contribution is 2.32. The van der Waals surface area contributed by atoms with E-state index in [1.165, 1.54) is 11.3 Å². The number of halogens is 1. The largest absolute Gasteiger partial charge is 0.319 e. The molecule has 1 aliphatic rings. The van der Waals surface area contributed by atoms with Gasteiger partial charge in [-0.15, -0.1) is 11.3 Å². The Bertz CT molecular complexity index is 1000. The van der Waals surface area contributed by atoms with Crippen molar-refractivity contribution in [2.75, 3.05) is 11.9 Å². The van der Waals surface area contributed by atoms with Gasteiger partial charge in [-0.1, -0.05) is 19.9 Å². The molecule has 0 fully saturated rings. The molecule has 0 aliphatic carbocycles. The second kappa shape index (κ2) is 6.48. The molecule has 136 valence electrons. The molecule has 0 bridgehead atoms. The molecular formula is C19H21FN4OS. The van der Waals surface area contributed by atoms with Crippen molar-refractivity contribution in [2.45, 2.75) is 32.7 Å². The smallest absolute Gasteiger partial charge is 0.265 e. The van der Waals surface area contributed by atoms with Crippen molar-refractivity contribution < 1.29 is 9.18 Å². The van der Waals surface area contributed by atoms with Crippen LogP contribution < -0.4 is 10.6 Å². The number of anilines is 1. The molecule has 7 heteroatoms. The first-order chi connectivity index (χ1) is 12.5. The summed E-state index contributed by atoms with van der Waals surface area (Å²) in [6.45, 7) is 5.58. The number of thiophene rings is 1. The zero-order chi connectivity index (χ0) is 18.4. The van der Waals surface area contributed by atoms with Gasteiger partial charge in [0.05, 0.1) is 16.3 Å². The first kappa shape index (κ1) is 17.2. The second-order valence-corrected chi connectivity index (χ2v) is 7.97. The number of aryl methyl sites for hydroxylation is 1. The summed E-state index contributed by atoms with van der Waals surface area (Å²) in [5, 5.41) is 11.5. The van der Waals surface area contributed by atoms with Crippen LogP contribution in [0.1, 0.15) is 46.3 Å². The van der Waals surface area contributed by atoms with E-state index in [9.17, 15) is 9.18 Å². The lowest BCUT2D eigenvalue weighted by atomic mass is 9.99. The summed E-state index contributed by atoms with van der Waals surface area (Å²) < 4.78 is 16.6. The summed E-state index contributed by atoms with van der Waals surface area (Å²) in [4.78, 5) is 14.2. The zero-order valence-corrected chi connectivity index (χ0v) is 15.8. The first-order valence-corrected chi connectivity index (χ1v) is 9.56. The van der Waals surface area contributed by atoms with Gasteiger partial charge in [0.1, 0.15) is 10.6 Å².